The molecule has 0 spiro atoms. The van der Waals surface area contributed by atoms with Crippen molar-refractivity contribution in [3.63, 3.8) is 0 Å². The molecule has 1 unspecified atom stereocenters. The first-order valence-corrected chi connectivity index (χ1v) is 9.39. The summed E-state index contributed by atoms with van der Waals surface area (Å²) in [5.41, 5.74) is 0.601. The Morgan fingerprint density at radius 1 is 1.19 bits per heavy atom. The highest BCUT2D eigenvalue weighted by Gasteiger charge is 2.45. The Balaban J connectivity index is 1.87. The van der Waals surface area contributed by atoms with Gasteiger partial charge in [0.1, 0.15) is 6.04 Å². The third kappa shape index (κ3) is 2.69. The third-order valence-electron chi connectivity index (χ3n) is 4.10. The summed E-state index contributed by atoms with van der Waals surface area (Å²) in [5.74, 6) is -1.59. The van der Waals surface area contributed by atoms with E-state index in [9.17, 15) is 14.7 Å². The molecule has 0 bridgehead atoms. The van der Waals surface area contributed by atoms with Crippen LogP contribution in [-0.4, -0.2) is 16.8 Å². The number of hydrogen-bond donors (Lipinski definition) is 1. The Labute approximate surface area is 161 Å². The van der Waals surface area contributed by atoms with Crippen LogP contribution >= 0.6 is 27.3 Å². The zero-order valence-electron chi connectivity index (χ0n) is 13.3. The van der Waals surface area contributed by atoms with Gasteiger partial charge >= 0.3 is 0 Å². The quantitative estimate of drug-likeness (QED) is 0.599. The lowest BCUT2D eigenvalue weighted by atomic mass is 10.00. The highest BCUT2D eigenvalue weighted by Crippen LogP contribution is 2.43. The SMILES string of the molecule is O=C(C1=C(O)C(=O)N(c2cccc(Br)c2)C1c1cccs1)c1ccco1. The lowest BCUT2D eigenvalue weighted by Crippen LogP contribution is -2.30. The largest absolute Gasteiger partial charge is 0.503 e. The van der Waals surface area contributed by atoms with Crippen LogP contribution in [0.1, 0.15) is 21.5 Å². The average molecular weight is 430 g/mol. The van der Waals surface area contributed by atoms with Gasteiger partial charge in [-0.2, -0.15) is 0 Å². The Kier molecular flexibility index (Phi) is 4.26. The van der Waals surface area contributed by atoms with Crippen molar-refractivity contribution in [3.8, 4) is 0 Å². The predicted octanol–water partition coefficient (Wildman–Crippen LogP) is 4.89. The van der Waals surface area contributed by atoms with Gasteiger partial charge in [0.05, 0.1) is 11.8 Å². The Morgan fingerprint density at radius 3 is 2.69 bits per heavy atom. The molecule has 5 nitrogen and oxygen atoms in total. The number of aliphatic hydroxyl groups excluding tert-OH is 1. The van der Waals surface area contributed by atoms with Crippen LogP contribution in [0.4, 0.5) is 5.69 Å². The van der Waals surface area contributed by atoms with Crippen molar-refractivity contribution in [2.24, 2.45) is 0 Å². The molecule has 1 aliphatic heterocycles. The van der Waals surface area contributed by atoms with Crippen molar-refractivity contribution in [1.82, 2.24) is 0 Å². The maximum atomic E-state index is 12.9. The van der Waals surface area contributed by atoms with E-state index in [2.05, 4.69) is 15.9 Å². The molecule has 1 amide bonds. The molecule has 1 N–H and O–H groups in total. The molecule has 0 radical (unpaired) electrons. The minimum atomic E-state index is -0.714. The van der Waals surface area contributed by atoms with Gasteiger partial charge in [-0.15, -0.1) is 11.3 Å². The molecular weight excluding hydrogens is 418 g/mol. The van der Waals surface area contributed by atoms with Gasteiger partial charge in [0.2, 0.25) is 5.78 Å². The van der Waals surface area contributed by atoms with Crippen LogP contribution in [0.5, 0.6) is 0 Å². The molecule has 3 aromatic rings. The lowest BCUT2D eigenvalue weighted by molar-refractivity contribution is -0.117. The fourth-order valence-electron chi connectivity index (χ4n) is 2.99. The van der Waals surface area contributed by atoms with E-state index in [0.29, 0.717) is 5.69 Å². The monoisotopic (exact) mass is 429 g/mol. The third-order valence-corrected chi connectivity index (χ3v) is 5.51. The van der Waals surface area contributed by atoms with Crippen molar-refractivity contribution < 1.29 is 19.1 Å². The maximum Gasteiger partial charge on any atom is 0.294 e. The van der Waals surface area contributed by atoms with Crippen molar-refractivity contribution in [2.75, 3.05) is 4.90 Å². The summed E-state index contributed by atoms with van der Waals surface area (Å²) in [6.07, 6.45) is 1.38. The molecule has 4 rings (SSSR count). The number of nitrogens with zero attached hydrogens (tertiary/aromatic N) is 1. The number of halogens is 1. The summed E-state index contributed by atoms with van der Waals surface area (Å²) in [4.78, 5) is 28.0. The number of carbonyl (C=O) groups excluding carboxylic acids is 2. The van der Waals surface area contributed by atoms with Gasteiger partial charge in [0, 0.05) is 15.0 Å². The first kappa shape index (κ1) is 16.8. The zero-order chi connectivity index (χ0) is 18.3. The van der Waals surface area contributed by atoms with E-state index >= 15 is 0 Å². The minimum absolute atomic E-state index is 0.0207. The van der Waals surface area contributed by atoms with E-state index in [1.807, 2.05) is 23.6 Å². The summed E-state index contributed by atoms with van der Waals surface area (Å²) in [5, 5.41) is 12.4. The molecular formula is C19H12BrNO4S. The normalized spacial score (nSPS) is 17.2. The smallest absolute Gasteiger partial charge is 0.294 e. The van der Waals surface area contributed by atoms with E-state index in [0.717, 1.165) is 9.35 Å². The number of furan rings is 1. The van der Waals surface area contributed by atoms with Gasteiger partial charge in [-0.1, -0.05) is 28.1 Å². The molecule has 130 valence electrons. The molecule has 1 atom stereocenters. The van der Waals surface area contributed by atoms with Gasteiger partial charge in [0.15, 0.2) is 11.5 Å². The van der Waals surface area contributed by atoms with Crippen LogP contribution in [0.25, 0.3) is 0 Å². The minimum Gasteiger partial charge on any atom is -0.503 e. The molecule has 0 saturated heterocycles. The van der Waals surface area contributed by atoms with Crippen molar-refractivity contribution in [2.45, 2.75) is 6.04 Å². The van der Waals surface area contributed by atoms with E-state index in [4.69, 9.17) is 4.42 Å². The molecule has 1 aromatic carbocycles. The second kappa shape index (κ2) is 6.59. The molecule has 26 heavy (non-hydrogen) atoms. The van der Waals surface area contributed by atoms with Gasteiger partial charge < -0.3 is 9.52 Å². The molecule has 0 fully saturated rings. The Bertz CT molecular complexity index is 1010. The van der Waals surface area contributed by atoms with Crippen LogP contribution in [0.15, 0.2) is 80.4 Å². The first-order valence-electron chi connectivity index (χ1n) is 7.72. The van der Waals surface area contributed by atoms with E-state index in [-0.39, 0.29) is 11.3 Å². The predicted molar refractivity (Wildman–Crippen MR) is 101 cm³/mol. The fraction of sp³-hybridized carbons (Fsp3) is 0.0526. The van der Waals surface area contributed by atoms with Gasteiger partial charge in [-0.25, -0.2) is 0 Å². The van der Waals surface area contributed by atoms with E-state index in [1.54, 1.807) is 24.3 Å². The number of rotatable bonds is 4. The highest BCUT2D eigenvalue weighted by molar-refractivity contribution is 9.10. The van der Waals surface area contributed by atoms with Crippen molar-refractivity contribution >= 4 is 44.6 Å². The second-order valence-corrected chi connectivity index (χ2v) is 7.54. The van der Waals surface area contributed by atoms with Crippen molar-refractivity contribution in [3.05, 3.63) is 86.6 Å². The highest BCUT2D eigenvalue weighted by atomic mass is 79.9. The van der Waals surface area contributed by atoms with E-state index in [1.165, 1.54) is 28.6 Å². The number of anilines is 1. The summed E-state index contributed by atoms with van der Waals surface area (Å²) in [6.45, 7) is 0. The Hall–Kier alpha value is -2.64. The van der Waals surface area contributed by atoms with Crippen molar-refractivity contribution in [1.29, 1.82) is 0 Å². The molecule has 1 aliphatic rings. The van der Waals surface area contributed by atoms with Crippen LogP contribution in [0.3, 0.4) is 0 Å². The maximum absolute atomic E-state index is 12.9. The number of benzene rings is 1. The molecule has 7 heteroatoms. The average Bonchev–Trinajstić information content (AvgIpc) is 3.36. The van der Waals surface area contributed by atoms with Crippen LogP contribution in [0.2, 0.25) is 0 Å². The molecule has 0 saturated carbocycles. The summed E-state index contributed by atoms with van der Waals surface area (Å²) in [7, 11) is 0. The van der Waals surface area contributed by atoms with Gasteiger partial charge in [-0.05, 0) is 41.8 Å². The second-order valence-electron chi connectivity index (χ2n) is 5.64. The number of amides is 1. The summed E-state index contributed by atoms with van der Waals surface area (Å²) < 4.78 is 5.98. The molecule has 0 aliphatic carbocycles. The van der Waals surface area contributed by atoms with E-state index < -0.39 is 23.5 Å². The lowest BCUT2D eigenvalue weighted by Gasteiger charge is -2.25. The number of carbonyl (C=O) groups is 2. The standard InChI is InChI=1S/C19H12BrNO4S/c20-11-4-1-5-12(10-11)21-16(14-7-3-9-26-14)15(18(23)19(21)24)17(22)13-6-2-8-25-13/h1-10,16,23H. The number of thiophene rings is 1. The number of aliphatic hydroxyl groups is 1. The zero-order valence-corrected chi connectivity index (χ0v) is 15.7. The first-order chi connectivity index (χ1) is 12.6. The van der Waals surface area contributed by atoms with Gasteiger partial charge in [-0.3, -0.25) is 14.5 Å². The Morgan fingerprint density at radius 2 is 2.04 bits per heavy atom. The summed E-state index contributed by atoms with van der Waals surface area (Å²) in [6, 6.07) is 13.2. The fourth-order valence-corrected chi connectivity index (χ4v) is 4.20. The molecule has 2 aromatic heterocycles. The topological polar surface area (TPSA) is 70.8 Å². The van der Waals surface area contributed by atoms with Crippen LogP contribution in [-0.2, 0) is 4.79 Å². The van der Waals surface area contributed by atoms with Gasteiger partial charge in [0.25, 0.3) is 5.91 Å². The van der Waals surface area contributed by atoms with Crippen LogP contribution in [0, 0.1) is 0 Å². The number of Topliss-reactive ketones (excluding diaryl/α,β-unsaturated/α-hetero) is 1. The number of ketones is 1. The number of hydrogen-bond acceptors (Lipinski definition) is 5. The molecule has 3 heterocycles. The summed E-state index contributed by atoms with van der Waals surface area (Å²) >= 11 is 4.81. The van der Waals surface area contributed by atoms with Crippen LogP contribution < -0.4 is 4.90 Å².